The Morgan fingerprint density at radius 2 is 1.40 bits per heavy atom. The zero-order valence-corrected chi connectivity index (χ0v) is 19.2. The molecule has 6 heteroatoms. The summed E-state index contributed by atoms with van der Waals surface area (Å²) < 4.78 is 0. The summed E-state index contributed by atoms with van der Waals surface area (Å²) in [4.78, 5) is 24.6. The van der Waals surface area contributed by atoms with Gasteiger partial charge in [-0.15, -0.1) is 0 Å². The van der Waals surface area contributed by atoms with Crippen molar-refractivity contribution >= 4 is 11.9 Å². The van der Waals surface area contributed by atoms with Crippen LogP contribution in [0.2, 0.25) is 0 Å². The van der Waals surface area contributed by atoms with Crippen LogP contribution in [0.15, 0.2) is 12.2 Å². The van der Waals surface area contributed by atoms with Gasteiger partial charge in [0, 0.05) is 26.1 Å². The number of unbranched alkanes of at least 4 members (excludes halogenated alkanes) is 11. The van der Waals surface area contributed by atoms with Gasteiger partial charge in [0.15, 0.2) is 0 Å². The van der Waals surface area contributed by atoms with E-state index in [-0.39, 0.29) is 19.1 Å². The number of allylic oxidation sites excluding steroid dienone is 2. The Morgan fingerprint density at radius 3 is 1.97 bits per heavy atom. The van der Waals surface area contributed by atoms with Crippen LogP contribution in [0, 0.1) is 0 Å². The van der Waals surface area contributed by atoms with Crippen LogP contribution in [0.3, 0.4) is 0 Å². The normalized spacial score (nSPS) is 11.3. The van der Waals surface area contributed by atoms with Gasteiger partial charge in [-0.2, -0.15) is 0 Å². The highest BCUT2D eigenvalue weighted by Crippen LogP contribution is 2.10. The minimum Gasteiger partial charge on any atom is -0.480 e. The number of aliphatic carboxylic acids is 1. The molecule has 0 fully saturated rings. The highest BCUT2D eigenvalue weighted by molar-refractivity contribution is 5.81. The average molecular weight is 427 g/mol. The lowest BCUT2D eigenvalue weighted by molar-refractivity contribution is -0.144. The molecule has 0 bridgehead atoms. The second-order valence-electron chi connectivity index (χ2n) is 8.02. The van der Waals surface area contributed by atoms with Crippen LogP contribution < -0.4 is 5.32 Å². The number of nitrogens with zero attached hydrogens (tertiary/aromatic N) is 1. The van der Waals surface area contributed by atoms with Crippen LogP contribution in [0.25, 0.3) is 0 Å². The summed E-state index contributed by atoms with van der Waals surface area (Å²) in [6.45, 7) is 3.32. The van der Waals surface area contributed by atoms with Crippen LogP contribution >= 0.6 is 0 Å². The first kappa shape index (κ1) is 28.6. The number of aliphatic hydroxyl groups excluding tert-OH is 1. The van der Waals surface area contributed by atoms with E-state index in [0.29, 0.717) is 26.1 Å². The van der Waals surface area contributed by atoms with Crippen molar-refractivity contribution in [3.05, 3.63) is 12.2 Å². The SMILES string of the molecule is CCCCCCCC/C=C\CCCCCCCC(=O)N(CCNCCO)CC(=O)O. The highest BCUT2D eigenvalue weighted by atomic mass is 16.4. The van der Waals surface area contributed by atoms with Crippen molar-refractivity contribution in [2.75, 3.05) is 32.8 Å². The number of hydrogen-bond donors (Lipinski definition) is 3. The Labute approximate surface area is 184 Å². The third-order valence-electron chi connectivity index (χ3n) is 5.18. The number of nitrogens with one attached hydrogen (secondary N) is 1. The summed E-state index contributed by atoms with van der Waals surface area (Å²) in [6, 6.07) is 0. The van der Waals surface area contributed by atoms with E-state index < -0.39 is 5.97 Å². The first-order chi connectivity index (χ1) is 14.6. The van der Waals surface area contributed by atoms with E-state index in [1.807, 2.05) is 0 Å². The summed E-state index contributed by atoms with van der Waals surface area (Å²) in [5, 5.41) is 20.7. The lowest BCUT2D eigenvalue weighted by Gasteiger charge is -2.21. The smallest absolute Gasteiger partial charge is 0.323 e. The standard InChI is InChI=1S/C24H46N2O4/c1-2-3-4-5-6-7-8-9-10-11-12-13-14-15-16-17-23(28)26(22-24(29)30)20-18-25-19-21-27/h9-10,25,27H,2-8,11-22H2,1H3,(H,29,30)/b10-9-. The van der Waals surface area contributed by atoms with Gasteiger partial charge in [0.05, 0.1) is 6.61 Å². The molecule has 0 aromatic carbocycles. The van der Waals surface area contributed by atoms with Gasteiger partial charge < -0.3 is 20.4 Å². The summed E-state index contributed by atoms with van der Waals surface area (Å²) in [5.74, 6) is -1.09. The maximum absolute atomic E-state index is 12.3. The van der Waals surface area contributed by atoms with Crippen molar-refractivity contribution in [2.24, 2.45) is 0 Å². The summed E-state index contributed by atoms with van der Waals surface area (Å²) in [6.07, 6.45) is 20.8. The van der Waals surface area contributed by atoms with Crippen LogP contribution in [0.1, 0.15) is 96.8 Å². The Morgan fingerprint density at radius 1 is 0.833 bits per heavy atom. The second kappa shape index (κ2) is 22.3. The molecule has 0 unspecified atom stereocenters. The zero-order chi connectivity index (χ0) is 22.3. The van der Waals surface area contributed by atoms with Crippen molar-refractivity contribution in [2.45, 2.75) is 96.8 Å². The number of carboxylic acids is 1. The highest BCUT2D eigenvalue weighted by Gasteiger charge is 2.15. The van der Waals surface area contributed by atoms with Crippen molar-refractivity contribution in [3.63, 3.8) is 0 Å². The quantitative estimate of drug-likeness (QED) is 0.175. The molecule has 0 rings (SSSR count). The first-order valence-corrected chi connectivity index (χ1v) is 12.1. The van der Waals surface area contributed by atoms with Crippen molar-refractivity contribution in [3.8, 4) is 0 Å². The molecule has 0 saturated heterocycles. The number of aliphatic hydroxyl groups is 1. The summed E-state index contributed by atoms with van der Waals surface area (Å²) >= 11 is 0. The van der Waals surface area contributed by atoms with Gasteiger partial charge in [0.25, 0.3) is 0 Å². The van der Waals surface area contributed by atoms with Gasteiger partial charge in [-0.3, -0.25) is 9.59 Å². The van der Waals surface area contributed by atoms with E-state index in [4.69, 9.17) is 10.2 Å². The second-order valence-corrected chi connectivity index (χ2v) is 8.02. The molecule has 0 aromatic rings. The van der Waals surface area contributed by atoms with E-state index in [2.05, 4.69) is 24.4 Å². The van der Waals surface area contributed by atoms with E-state index in [0.717, 1.165) is 25.7 Å². The number of rotatable bonds is 22. The molecule has 1 amide bonds. The largest absolute Gasteiger partial charge is 0.480 e. The number of carboxylic acid groups (broad SMARTS) is 1. The number of hydrogen-bond acceptors (Lipinski definition) is 4. The lowest BCUT2D eigenvalue weighted by Crippen LogP contribution is -2.40. The molecule has 6 nitrogen and oxygen atoms in total. The van der Waals surface area contributed by atoms with E-state index in [1.54, 1.807) is 0 Å². The molecule has 0 aromatic heterocycles. The lowest BCUT2D eigenvalue weighted by atomic mass is 10.1. The maximum Gasteiger partial charge on any atom is 0.323 e. The Kier molecular flexibility index (Phi) is 21.2. The predicted octanol–water partition coefficient (Wildman–Crippen LogP) is 4.52. The molecular formula is C24H46N2O4. The molecule has 0 aliphatic carbocycles. The van der Waals surface area contributed by atoms with Crippen LogP contribution in [0.5, 0.6) is 0 Å². The summed E-state index contributed by atoms with van der Waals surface area (Å²) in [7, 11) is 0. The number of carbonyl (C=O) groups excluding carboxylic acids is 1. The fourth-order valence-electron chi connectivity index (χ4n) is 3.38. The monoisotopic (exact) mass is 426 g/mol. The Bertz CT molecular complexity index is 441. The van der Waals surface area contributed by atoms with Crippen LogP contribution in [0.4, 0.5) is 0 Å². The van der Waals surface area contributed by atoms with Gasteiger partial charge in [-0.1, -0.05) is 70.4 Å². The zero-order valence-electron chi connectivity index (χ0n) is 19.2. The maximum atomic E-state index is 12.3. The molecule has 0 heterocycles. The predicted molar refractivity (Wildman–Crippen MR) is 124 cm³/mol. The fourth-order valence-corrected chi connectivity index (χ4v) is 3.38. The molecule has 0 aliphatic heterocycles. The topological polar surface area (TPSA) is 89.9 Å². The van der Waals surface area contributed by atoms with Crippen molar-refractivity contribution in [1.82, 2.24) is 10.2 Å². The van der Waals surface area contributed by atoms with Gasteiger partial charge in [-0.05, 0) is 32.1 Å². The molecule has 0 saturated carbocycles. The van der Waals surface area contributed by atoms with E-state index in [9.17, 15) is 9.59 Å². The molecule has 0 aliphatic rings. The molecule has 0 radical (unpaired) electrons. The van der Waals surface area contributed by atoms with E-state index >= 15 is 0 Å². The molecule has 0 spiro atoms. The van der Waals surface area contributed by atoms with Gasteiger partial charge >= 0.3 is 5.97 Å². The van der Waals surface area contributed by atoms with Crippen LogP contribution in [-0.4, -0.2) is 59.8 Å². The Hall–Kier alpha value is -1.40. The van der Waals surface area contributed by atoms with Gasteiger partial charge in [-0.25, -0.2) is 0 Å². The Balaban J connectivity index is 3.64. The molecular weight excluding hydrogens is 380 g/mol. The number of carbonyl (C=O) groups is 2. The third-order valence-corrected chi connectivity index (χ3v) is 5.18. The molecule has 30 heavy (non-hydrogen) atoms. The van der Waals surface area contributed by atoms with E-state index in [1.165, 1.54) is 62.7 Å². The van der Waals surface area contributed by atoms with Gasteiger partial charge in [0.2, 0.25) is 5.91 Å². The van der Waals surface area contributed by atoms with Gasteiger partial charge in [0.1, 0.15) is 6.54 Å². The minimum absolute atomic E-state index is 0.0296. The molecule has 0 atom stereocenters. The third kappa shape index (κ3) is 19.9. The fraction of sp³-hybridized carbons (Fsp3) is 0.833. The first-order valence-electron chi connectivity index (χ1n) is 12.1. The summed E-state index contributed by atoms with van der Waals surface area (Å²) in [5.41, 5.74) is 0. The van der Waals surface area contributed by atoms with Crippen LogP contribution in [-0.2, 0) is 9.59 Å². The van der Waals surface area contributed by atoms with Crippen molar-refractivity contribution < 1.29 is 19.8 Å². The molecule has 3 N–H and O–H groups in total. The number of amides is 1. The molecule has 176 valence electrons. The minimum atomic E-state index is -0.991. The average Bonchev–Trinajstić information content (AvgIpc) is 2.72. The van der Waals surface area contributed by atoms with Crippen molar-refractivity contribution in [1.29, 1.82) is 0 Å².